The molecule has 1 unspecified atom stereocenters. The van der Waals surface area contributed by atoms with Crippen LogP contribution in [0.25, 0.3) is 0 Å². The van der Waals surface area contributed by atoms with Gasteiger partial charge in [-0.15, -0.1) is 0 Å². The van der Waals surface area contributed by atoms with Crippen molar-refractivity contribution in [3.05, 3.63) is 94.8 Å². The second-order valence-electron chi connectivity index (χ2n) is 7.49. The first-order chi connectivity index (χ1) is 14.3. The predicted molar refractivity (Wildman–Crippen MR) is 119 cm³/mol. The fraction of sp³-hybridized carbons (Fsp3) is 0.240. The first kappa shape index (κ1) is 21.2. The van der Waals surface area contributed by atoms with Crippen LogP contribution in [0.15, 0.2) is 66.7 Å². The zero-order valence-electron chi connectivity index (χ0n) is 17.8. The third-order valence-electron chi connectivity index (χ3n) is 5.07. The van der Waals surface area contributed by atoms with Crippen LogP contribution in [0, 0.1) is 13.8 Å². The van der Waals surface area contributed by atoms with Gasteiger partial charge in [0.2, 0.25) is 5.91 Å². The van der Waals surface area contributed by atoms with Crippen molar-refractivity contribution in [2.45, 2.75) is 40.3 Å². The standard InChI is InChI=1S/C25H27N3O2/c1-17-13-14-24(18(2)26-17)25(30)28(16-21-9-6-5-7-10-21)19(3)22-11-8-12-23(15-22)27-20(4)29/h5-15,19H,16H2,1-4H3,(H,27,29). The highest BCUT2D eigenvalue weighted by molar-refractivity contribution is 5.95. The molecule has 0 saturated heterocycles. The van der Waals surface area contributed by atoms with E-state index >= 15 is 0 Å². The molecule has 154 valence electrons. The Morgan fingerprint density at radius 1 is 1.00 bits per heavy atom. The minimum Gasteiger partial charge on any atom is -0.328 e. The third kappa shape index (κ3) is 5.11. The number of carbonyl (C=O) groups is 2. The van der Waals surface area contributed by atoms with Crippen molar-refractivity contribution >= 4 is 17.5 Å². The topological polar surface area (TPSA) is 62.3 Å². The number of pyridine rings is 1. The number of nitrogens with one attached hydrogen (secondary N) is 1. The van der Waals surface area contributed by atoms with Gasteiger partial charge in [-0.05, 0) is 56.2 Å². The summed E-state index contributed by atoms with van der Waals surface area (Å²) in [5.74, 6) is -0.195. The van der Waals surface area contributed by atoms with Gasteiger partial charge < -0.3 is 10.2 Å². The fourth-order valence-corrected chi connectivity index (χ4v) is 3.49. The van der Waals surface area contributed by atoms with Crippen LogP contribution in [0.1, 0.15) is 52.8 Å². The number of hydrogen-bond donors (Lipinski definition) is 1. The molecule has 2 aromatic carbocycles. The van der Waals surface area contributed by atoms with E-state index in [2.05, 4.69) is 10.3 Å². The molecule has 0 aliphatic heterocycles. The Balaban J connectivity index is 1.98. The van der Waals surface area contributed by atoms with Crippen molar-refractivity contribution in [3.8, 4) is 0 Å². The van der Waals surface area contributed by atoms with Crippen LogP contribution >= 0.6 is 0 Å². The van der Waals surface area contributed by atoms with Crippen LogP contribution in [0.4, 0.5) is 5.69 Å². The van der Waals surface area contributed by atoms with Crippen molar-refractivity contribution in [1.82, 2.24) is 9.88 Å². The van der Waals surface area contributed by atoms with E-state index in [1.807, 2.05) is 92.4 Å². The highest BCUT2D eigenvalue weighted by Crippen LogP contribution is 2.27. The van der Waals surface area contributed by atoms with Crippen LogP contribution < -0.4 is 5.32 Å². The molecule has 5 nitrogen and oxygen atoms in total. The zero-order chi connectivity index (χ0) is 21.7. The van der Waals surface area contributed by atoms with Crippen LogP contribution in [0.3, 0.4) is 0 Å². The second-order valence-corrected chi connectivity index (χ2v) is 7.49. The highest BCUT2D eigenvalue weighted by Gasteiger charge is 2.25. The van der Waals surface area contributed by atoms with E-state index in [4.69, 9.17) is 0 Å². The van der Waals surface area contributed by atoms with Gasteiger partial charge in [0.15, 0.2) is 0 Å². The molecular weight excluding hydrogens is 374 g/mol. The molecule has 0 radical (unpaired) electrons. The Hall–Kier alpha value is -3.47. The van der Waals surface area contributed by atoms with Gasteiger partial charge in [-0.2, -0.15) is 0 Å². The van der Waals surface area contributed by atoms with Gasteiger partial charge in [0.05, 0.1) is 17.3 Å². The zero-order valence-corrected chi connectivity index (χ0v) is 17.8. The summed E-state index contributed by atoms with van der Waals surface area (Å²) in [6.07, 6.45) is 0. The minimum absolute atomic E-state index is 0.0683. The summed E-state index contributed by atoms with van der Waals surface area (Å²) in [7, 11) is 0. The van der Waals surface area contributed by atoms with Gasteiger partial charge in [0, 0.05) is 24.8 Å². The number of benzene rings is 2. The molecule has 0 spiro atoms. The maximum Gasteiger partial charge on any atom is 0.256 e. The van der Waals surface area contributed by atoms with Gasteiger partial charge in [-0.1, -0.05) is 42.5 Å². The lowest BCUT2D eigenvalue weighted by Crippen LogP contribution is -2.34. The molecule has 0 fully saturated rings. The molecule has 0 bridgehead atoms. The molecule has 1 heterocycles. The summed E-state index contributed by atoms with van der Waals surface area (Å²) in [6.45, 7) is 7.74. The van der Waals surface area contributed by atoms with Gasteiger partial charge in [-0.25, -0.2) is 0 Å². The number of nitrogens with zero attached hydrogens (tertiary/aromatic N) is 2. The summed E-state index contributed by atoms with van der Waals surface area (Å²) < 4.78 is 0. The Labute approximate surface area is 177 Å². The van der Waals surface area contributed by atoms with Crippen LogP contribution in [-0.2, 0) is 11.3 Å². The smallest absolute Gasteiger partial charge is 0.256 e. The Morgan fingerprint density at radius 3 is 2.40 bits per heavy atom. The number of carbonyl (C=O) groups excluding carboxylic acids is 2. The Kier molecular flexibility index (Phi) is 6.62. The summed E-state index contributed by atoms with van der Waals surface area (Å²) >= 11 is 0. The average molecular weight is 402 g/mol. The van der Waals surface area contributed by atoms with Crippen molar-refractivity contribution in [1.29, 1.82) is 0 Å². The van der Waals surface area contributed by atoms with E-state index in [0.717, 1.165) is 22.5 Å². The van der Waals surface area contributed by atoms with E-state index in [-0.39, 0.29) is 17.9 Å². The first-order valence-electron chi connectivity index (χ1n) is 10.0. The number of anilines is 1. The SMILES string of the molecule is CC(=O)Nc1cccc(C(C)N(Cc2ccccc2)C(=O)c2ccc(C)nc2C)c1. The first-order valence-corrected chi connectivity index (χ1v) is 10.0. The lowest BCUT2D eigenvalue weighted by Gasteiger charge is -2.30. The average Bonchev–Trinajstić information content (AvgIpc) is 2.71. The van der Waals surface area contributed by atoms with Gasteiger partial charge in [-0.3, -0.25) is 14.6 Å². The highest BCUT2D eigenvalue weighted by atomic mass is 16.2. The van der Waals surface area contributed by atoms with Gasteiger partial charge in [0.1, 0.15) is 0 Å². The van der Waals surface area contributed by atoms with Crippen molar-refractivity contribution in [2.24, 2.45) is 0 Å². The van der Waals surface area contributed by atoms with Gasteiger partial charge in [0.25, 0.3) is 5.91 Å². The molecule has 1 aromatic heterocycles. The molecular formula is C25H27N3O2. The quantitative estimate of drug-likeness (QED) is 0.628. The van der Waals surface area contributed by atoms with Crippen LogP contribution in [0.2, 0.25) is 0 Å². The van der Waals surface area contributed by atoms with E-state index in [1.165, 1.54) is 6.92 Å². The number of amides is 2. The Bertz CT molecular complexity index is 1050. The summed E-state index contributed by atoms with van der Waals surface area (Å²) in [5, 5.41) is 2.81. The lowest BCUT2D eigenvalue weighted by atomic mass is 10.0. The maximum atomic E-state index is 13.6. The molecule has 0 aliphatic rings. The lowest BCUT2D eigenvalue weighted by molar-refractivity contribution is -0.114. The number of aryl methyl sites for hydroxylation is 2. The molecule has 2 amide bonds. The van der Waals surface area contributed by atoms with E-state index in [9.17, 15) is 9.59 Å². The molecule has 5 heteroatoms. The predicted octanol–water partition coefficient (Wildman–Crippen LogP) is 5.06. The van der Waals surface area contributed by atoms with Crippen LogP contribution in [-0.4, -0.2) is 21.7 Å². The van der Waals surface area contributed by atoms with Gasteiger partial charge >= 0.3 is 0 Å². The normalized spacial score (nSPS) is 11.6. The molecule has 0 saturated carbocycles. The van der Waals surface area contributed by atoms with E-state index in [0.29, 0.717) is 17.8 Å². The summed E-state index contributed by atoms with van der Waals surface area (Å²) in [6, 6.07) is 21.1. The van der Waals surface area contributed by atoms with Crippen molar-refractivity contribution < 1.29 is 9.59 Å². The second kappa shape index (κ2) is 9.35. The molecule has 3 rings (SSSR count). The van der Waals surface area contributed by atoms with E-state index < -0.39 is 0 Å². The van der Waals surface area contributed by atoms with Crippen molar-refractivity contribution in [2.75, 3.05) is 5.32 Å². The van der Waals surface area contributed by atoms with Crippen molar-refractivity contribution in [3.63, 3.8) is 0 Å². The molecule has 3 aromatic rings. The largest absolute Gasteiger partial charge is 0.328 e. The third-order valence-corrected chi connectivity index (χ3v) is 5.07. The fourth-order valence-electron chi connectivity index (χ4n) is 3.49. The maximum absolute atomic E-state index is 13.6. The van der Waals surface area contributed by atoms with E-state index in [1.54, 1.807) is 0 Å². The monoisotopic (exact) mass is 401 g/mol. The molecule has 30 heavy (non-hydrogen) atoms. The molecule has 0 aliphatic carbocycles. The number of aromatic nitrogens is 1. The molecule has 1 atom stereocenters. The molecule has 1 N–H and O–H groups in total. The summed E-state index contributed by atoms with van der Waals surface area (Å²) in [5.41, 5.74) is 4.91. The number of rotatable bonds is 6. The summed E-state index contributed by atoms with van der Waals surface area (Å²) in [4.78, 5) is 31.3. The van der Waals surface area contributed by atoms with Crippen LogP contribution in [0.5, 0.6) is 0 Å². The number of hydrogen-bond acceptors (Lipinski definition) is 3. The minimum atomic E-state index is -0.202. The Morgan fingerprint density at radius 2 is 1.73 bits per heavy atom.